The lowest BCUT2D eigenvalue weighted by Crippen LogP contribution is -2.15. The van der Waals surface area contributed by atoms with Crippen LogP contribution >= 0.6 is 35.1 Å². The number of ether oxygens (including phenoxy) is 2. The Morgan fingerprint density at radius 1 is 1.02 bits per heavy atom. The fourth-order valence-electron chi connectivity index (χ4n) is 5.80. The Hall–Kier alpha value is -3.34. The Labute approximate surface area is 291 Å². The van der Waals surface area contributed by atoms with E-state index in [-0.39, 0.29) is 5.97 Å². The van der Waals surface area contributed by atoms with Crippen LogP contribution in [-0.2, 0) is 42.7 Å². The number of rotatable bonds is 1. The van der Waals surface area contributed by atoms with Gasteiger partial charge in [0.05, 0.1) is 19.4 Å². The average molecular weight is 694 g/mol. The van der Waals surface area contributed by atoms with E-state index < -0.39 is 0 Å². The summed E-state index contributed by atoms with van der Waals surface area (Å²) >= 11 is 10.2. The van der Waals surface area contributed by atoms with Crippen molar-refractivity contribution in [2.45, 2.75) is 68.9 Å². The Kier molecular flexibility index (Phi) is 12.4. The second-order valence-electron chi connectivity index (χ2n) is 11.8. The van der Waals surface area contributed by atoms with Crippen molar-refractivity contribution in [3.05, 3.63) is 92.7 Å². The van der Waals surface area contributed by atoms with Crippen LogP contribution in [0.5, 0.6) is 5.75 Å². The minimum absolute atomic E-state index is 0.357. The second-order valence-corrected chi connectivity index (χ2v) is 14.3. The van der Waals surface area contributed by atoms with Crippen molar-refractivity contribution >= 4 is 53.4 Å². The Morgan fingerprint density at radius 3 is 2.68 bits per heavy atom. The van der Waals surface area contributed by atoms with Crippen LogP contribution in [0.25, 0.3) is 6.08 Å². The molecule has 3 aromatic rings. The van der Waals surface area contributed by atoms with Gasteiger partial charge < -0.3 is 14.0 Å². The molecule has 11 heteroatoms. The first-order chi connectivity index (χ1) is 22.7. The van der Waals surface area contributed by atoms with E-state index >= 15 is 0 Å². The highest BCUT2D eigenvalue weighted by atomic mass is 35.5. The summed E-state index contributed by atoms with van der Waals surface area (Å²) in [6.07, 6.45) is 14.7. The number of aryl methyl sites for hydroxylation is 3. The van der Waals surface area contributed by atoms with Crippen LogP contribution in [0.15, 0.2) is 63.2 Å². The summed E-state index contributed by atoms with van der Waals surface area (Å²) in [4.78, 5) is 14.0. The highest BCUT2D eigenvalue weighted by Gasteiger charge is 2.20. The lowest BCUT2D eigenvalue weighted by atomic mass is 9.91. The third kappa shape index (κ3) is 9.18. The van der Waals surface area contributed by atoms with Gasteiger partial charge in [-0.25, -0.2) is 4.79 Å². The minimum Gasteiger partial charge on any atom is -0.493 e. The molecule has 0 N–H and O–H groups in total. The fraction of sp³-hybridized carbons (Fsp3) is 0.417. The first-order valence-electron chi connectivity index (χ1n) is 16.0. The molecule has 47 heavy (non-hydrogen) atoms. The smallest absolute Gasteiger partial charge is 0.354 e. The molecule has 3 heterocycles. The van der Waals surface area contributed by atoms with Gasteiger partial charge in [0.15, 0.2) is 0 Å². The summed E-state index contributed by atoms with van der Waals surface area (Å²) < 4.78 is 15.6. The number of thioether (sulfide) groups is 2. The molecule has 0 amide bonds. The average Bonchev–Trinajstić information content (AvgIpc) is 3.59. The van der Waals surface area contributed by atoms with Gasteiger partial charge in [-0.3, -0.25) is 9.69 Å². The van der Waals surface area contributed by atoms with E-state index in [9.17, 15) is 4.79 Å². The number of hydrogen-bond acceptors (Lipinski definition) is 8. The lowest BCUT2D eigenvalue weighted by Gasteiger charge is -2.21. The van der Waals surface area contributed by atoms with E-state index in [4.69, 9.17) is 26.2 Å². The maximum absolute atomic E-state index is 12.8. The summed E-state index contributed by atoms with van der Waals surface area (Å²) in [5.74, 6) is 3.07. The van der Waals surface area contributed by atoms with Crippen LogP contribution in [0.3, 0.4) is 0 Å². The van der Waals surface area contributed by atoms with E-state index in [0.29, 0.717) is 23.9 Å². The molecule has 0 spiro atoms. The molecule has 0 fully saturated rings. The molecule has 1 aliphatic carbocycles. The molecular formula is C36H44ClN5O3S2. The molecule has 0 saturated heterocycles. The van der Waals surface area contributed by atoms with Gasteiger partial charge in [0, 0.05) is 71.1 Å². The minimum atomic E-state index is -0.357. The van der Waals surface area contributed by atoms with Crippen LogP contribution in [0.1, 0.15) is 70.4 Å². The number of fused-ring (bicyclic) bond motifs is 7. The predicted molar refractivity (Wildman–Crippen MR) is 196 cm³/mol. The highest BCUT2D eigenvalue weighted by Crippen LogP contribution is 2.36. The van der Waals surface area contributed by atoms with Crippen molar-refractivity contribution in [2.75, 3.05) is 26.5 Å². The summed E-state index contributed by atoms with van der Waals surface area (Å²) in [6, 6.07) is 8.76. The van der Waals surface area contributed by atoms with E-state index in [2.05, 4.69) is 23.3 Å². The zero-order chi connectivity index (χ0) is 33.3. The first kappa shape index (κ1) is 35.0. The van der Waals surface area contributed by atoms with Gasteiger partial charge in [-0.2, -0.15) is 10.2 Å². The molecule has 5 rings (SSSR count). The van der Waals surface area contributed by atoms with Crippen molar-refractivity contribution in [1.82, 2.24) is 19.4 Å². The molecule has 250 valence electrons. The van der Waals surface area contributed by atoms with E-state index in [1.807, 2.05) is 90.5 Å². The number of halogens is 1. The summed E-state index contributed by atoms with van der Waals surface area (Å²) in [5.41, 5.74) is 8.24. The summed E-state index contributed by atoms with van der Waals surface area (Å²) in [6.45, 7) is 5.05. The number of aromatic nitrogens is 3. The molecule has 1 aliphatic heterocycles. The molecule has 4 bridgehead atoms. The molecule has 0 saturated carbocycles. The number of hydrazone groups is 1. The molecule has 8 nitrogen and oxygen atoms in total. The monoisotopic (exact) mass is 693 g/mol. The topological polar surface area (TPSA) is 73.9 Å². The molecule has 2 aromatic heterocycles. The molecule has 0 atom stereocenters. The number of carbonyl (C=O) groups excluding carboxylic acids is 1. The van der Waals surface area contributed by atoms with Gasteiger partial charge in [0.2, 0.25) is 0 Å². The van der Waals surface area contributed by atoms with Gasteiger partial charge in [-0.1, -0.05) is 11.6 Å². The molecule has 0 radical (unpaired) electrons. The van der Waals surface area contributed by atoms with Crippen LogP contribution in [0, 0.1) is 6.92 Å². The maximum Gasteiger partial charge on any atom is 0.354 e. The highest BCUT2D eigenvalue weighted by molar-refractivity contribution is 7.99. The van der Waals surface area contributed by atoms with E-state index in [1.54, 1.807) is 11.8 Å². The van der Waals surface area contributed by atoms with Crippen LogP contribution in [0.2, 0.25) is 0 Å². The molecule has 1 aromatic carbocycles. The number of nitrogens with zero attached hydrogens (tertiary/aromatic N) is 5. The SMILES string of the molecule is COC(=O)c1c(C)cc2n1CCCOc1cc(cc3c1CCCC3)SCc1cc(nn1C)CSC/C=N/N(C)/C(C)=C/C=C(Cl)/C=C\2. The third-order valence-electron chi connectivity index (χ3n) is 8.40. The quantitative estimate of drug-likeness (QED) is 0.238. The van der Waals surface area contributed by atoms with E-state index in [1.165, 1.54) is 41.7 Å². The van der Waals surface area contributed by atoms with Crippen molar-refractivity contribution in [3.63, 3.8) is 0 Å². The van der Waals surface area contributed by atoms with Gasteiger partial charge in [-0.15, -0.1) is 23.5 Å². The first-order valence-corrected chi connectivity index (χ1v) is 18.5. The van der Waals surface area contributed by atoms with Gasteiger partial charge in [-0.05, 0) is 111 Å². The lowest BCUT2D eigenvalue weighted by molar-refractivity contribution is 0.0587. The Balaban J connectivity index is 1.43. The van der Waals surface area contributed by atoms with Gasteiger partial charge in [0.1, 0.15) is 11.4 Å². The number of hydrogen-bond donors (Lipinski definition) is 0. The fourth-order valence-corrected chi connectivity index (χ4v) is 7.57. The largest absolute Gasteiger partial charge is 0.493 e. The maximum atomic E-state index is 12.8. The molecular weight excluding hydrogens is 650 g/mol. The van der Waals surface area contributed by atoms with Crippen LogP contribution in [0.4, 0.5) is 0 Å². The number of allylic oxidation sites excluding steroid dienone is 5. The van der Waals surface area contributed by atoms with Crippen molar-refractivity contribution in [1.29, 1.82) is 0 Å². The van der Waals surface area contributed by atoms with Crippen molar-refractivity contribution in [2.24, 2.45) is 12.1 Å². The van der Waals surface area contributed by atoms with E-state index in [0.717, 1.165) is 64.9 Å². The van der Waals surface area contributed by atoms with Crippen molar-refractivity contribution < 1.29 is 14.3 Å². The zero-order valence-corrected chi connectivity index (χ0v) is 30.3. The predicted octanol–water partition coefficient (Wildman–Crippen LogP) is 8.16. The zero-order valence-electron chi connectivity index (χ0n) is 27.9. The molecule has 0 unspecified atom stereocenters. The Bertz CT molecular complexity index is 1700. The normalized spacial score (nSPS) is 20.4. The van der Waals surface area contributed by atoms with Crippen LogP contribution < -0.4 is 4.74 Å². The second kappa shape index (κ2) is 16.7. The summed E-state index contributed by atoms with van der Waals surface area (Å²) in [7, 11) is 5.36. The van der Waals surface area contributed by atoms with Crippen molar-refractivity contribution in [3.8, 4) is 5.75 Å². The van der Waals surface area contributed by atoms with Gasteiger partial charge >= 0.3 is 5.97 Å². The third-order valence-corrected chi connectivity index (χ3v) is 10.5. The molecule has 2 aliphatic rings. The number of carbonyl (C=O) groups is 1. The number of methoxy groups -OCH3 is 1. The number of esters is 1. The standard InChI is InChI=1S/C36H44ClN5O3S2/c1-25-19-30-14-13-28(37)12-11-26(2)40(3)38-15-18-46-23-29-21-31(41(4)39-29)24-47-32-20-27-9-6-7-10-33(27)34(22-32)45-17-8-16-42(30)35(25)36(43)44-5/h11-15,19-22H,6-10,16-18,23-24H2,1-5H3/b14-13-,26-11+,28-12-,38-15+. The summed E-state index contributed by atoms with van der Waals surface area (Å²) in [5, 5.41) is 11.7. The van der Waals surface area contributed by atoms with Crippen LogP contribution in [-0.4, -0.2) is 58.1 Å². The number of benzene rings is 1. The Morgan fingerprint density at radius 2 is 1.85 bits per heavy atom. The van der Waals surface area contributed by atoms with Gasteiger partial charge in [0.25, 0.3) is 0 Å².